The highest BCUT2D eigenvalue weighted by atomic mass is 14.9. The van der Waals surface area contributed by atoms with Crippen molar-refractivity contribution < 1.29 is 4.57 Å². The molecule has 0 amide bonds. The lowest BCUT2D eigenvalue weighted by Gasteiger charge is -2.33. The number of hydrogen-bond donors (Lipinski definition) is 0. The molecule has 1 aromatic carbocycles. The quantitative estimate of drug-likeness (QED) is 0.680. The Morgan fingerprint density at radius 3 is 2.50 bits per heavy atom. The van der Waals surface area contributed by atoms with Gasteiger partial charge in [-0.3, -0.25) is 0 Å². The molecule has 1 spiro atoms. The van der Waals surface area contributed by atoms with Gasteiger partial charge in [0, 0.05) is 17.2 Å². The summed E-state index contributed by atoms with van der Waals surface area (Å²) in [5, 5.41) is 0. The van der Waals surface area contributed by atoms with E-state index in [0.29, 0.717) is 5.41 Å². The Kier molecular flexibility index (Phi) is 3.32. The molecule has 22 heavy (non-hydrogen) atoms. The molecule has 1 aromatic heterocycles. The number of hydrogen-bond acceptors (Lipinski definition) is 0. The number of rotatable bonds is 1. The maximum atomic E-state index is 2.38. The zero-order chi connectivity index (χ0) is 15.2. The third-order valence-electron chi connectivity index (χ3n) is 5.96. The van der Waals surface area contributed by atoms with Crippen LogP contribution in [0.25, 0.3) is 11.3 Å². The van der Waals surface area contributed by atoms with E-state index >= 15 is 0 Å². The summed E-state index contributed by atoms with van der Waals surface area (Å²) < 4.78 is 2.34. The minimum absolute atomic E-state index is 0.576. The van der Waals surface area contributed by atoms with E-state index in [0.717, 1.165) is 0 Å². The Labute approximate surface area is 134 Å². The van der Waals surface area contributed by atoms with Crippen molar-refractivity contribution >= 4 is 0 Å². The monoisotopic (exact) mass is 292 g/mol. The van der Waals surface area contributed by atoms with Crippen LogP contribution in [-0.2, 0) is 19.9 Å². The van der Waals surface area contributed by atoms with Crippen LogP contribution in [0.4, 0.5) is 0 Å². The Morgan fingerprint density at radius 1 is 0.955 bits per heavy atom. The second kappa shape index (κ2) is 5.22. The smallest absolute Gasteiger partial charge is 0.201 e. The summed E-state index contributed by atoms with van der Waals surface area (Å²) in [7, 11) is 2.20. The van der Waals surface area contributed by atoms with Gasteiger partial charge in [-0.25, -0.2) is 4.57 Å². The molecular weight excluding hydrogens is 266 g/mol. The lowest BCUT2D eigenvalue weighted by atomic mass is 9.72. The van der Waals surface area contributed by atoms with Crippen molar-refractivity contribution in [2.75, 3.05) is 0 Å². The van der Waals surface area contributed by atoms with Gasteiger partial charge < -0.3 is 0 Å². The van der Waals surface area contributed by atoms with Crippen LogP contribution in [0.3, 0.4) is 0 Å². The van der Waals surface area contributed by atoms with Gasteiger partial charge in [-0.15, -0.1) is 0 Å². The van der Waals surface area contributed by atoms with Crippen LogP contribution in [0.5, 0.6) is 0 Å². The Hall–Kier alpha value is -1.63. The van der Waals surface area contributed by atoms with E-state index < -0.39 is 0 Å². The first-order valence-electron chi connectivity index (χ1n) is 8.75. The van der Waals surface area contributed by atoms with E-state index in [1.165, 1.54) is 61.8 Å². The largest absolute Gasteiger partial charge is 0.216 e. The number of nitrogens with zero attached hydrogens (tertiary/aromatic N) is 1. The van der Waals surface area contributed by atoms with Crippen molar-refractivity contribution in [3.63, 3.8) is 0 Å². The highest BCUT2D eigenvalue weighted by Crippen LogP contribution is 2.48. The average molecular weight is 292 g/mol. The highest BCUT2D eigenvalue weighted by molar-refractivity contribution is 5.66. The molecule has 1 heteroatoms. The average Bonchev–Trinajstić information content (AvgIpc) is 2.87. The molecule has 0 bridgehead atoms. The van der Waals surface area contributed by atoms with Gasteiger partial charge in [0.25, 0.3) is 0 Å². The molecule has 2 aliphatic rings. The van der Waals surface area contributed by atoms with E-state index in [2.05, 4.69) is 55.1 Å². The second-order valence-electron chi connectivity index (χ2n) is 7.51. The minimum atomic E-state index is 0.576. The highest BCUT2D eigenvalue weighted by Gasteiger charge is 2.41. The molecule has 0 aliphatic heterocycles. The summed E-state index contributed by atoms with van der Waals surface area (Å²) in [4.78, 5) is 0. The van der Waals surface area contributed by atoms with Crippen LogP contribution >= 0.6 is 0 Å². The topological polar surface area (TPSA) is 3.88 Å². The molecule has 114 valence electrons. The summed E-state index contributed by atoms with van der Waals surface area (Å²) in [6.07, 6.45) is 12.0. The number of aryl methyl sites for hydroxylation is 2. The molecule has 1 saturated carbocycles. The third-order valence-corrected chi connectivity index (χ3v) is 5.96. The van der Waals surface area contributed by atoms with Gasteiger partial charge in [-0.05, 0) is 55.2 Å². The van der Waals surface area contributed by atoms with Crippen LogP contribution in [-0.4, -0.2) is 0 Å². The van der Waals surface area contributed by atoms with Gasteiger partial charge in [0.2, 0.25) is 5.69 Å². The van der Waals surface area contributed by atoms with Crippen molar-refractivity contribution in [1.29, 1.82) is 0 Å². The normalized spacial score (nSPS) is 19.4. The van der Waals surface area contributed by atoms with Crippen molar-refractivity contribution in [2.24, 2.45) is 12.5 Å². The van der Waals surface area contributed by atoms with Crippen LogP contribution in [0.15, 0.2) is 36.5 Å². The number of aromatic nitrogens is 1. The zero-order valence-corrected chi connectivity index (χ0v) is 13.9. The van der Waals surface area contributed by atoms with Gasteiger partial charge in [-0.2, -0.15) is 0 Å². The molecule has 0 atom stereocenters. The van der Waals surface area contributed by atoms with Gasteiger partial charge in [0.1, 0.15) is 7.05 Å². The first kappa shape index (κ1) is 14.0. The zero-order valence-electron chi connectivity index (χ0n) is 13.9. The summed E-state index contributed by atoms with van der Waals surface area (Å²) in [5.74, 6) is 0. The van der Waals surface area contributed by atoms with Gasteiger partial charge in [0.05, 0.1) is 0 Å². The van der Waals surface area contributed by atoms with Crippen molar-refractivity contribution in [3.8, 4) is 11.3 Å². The van der Waals surface area contributed by atoms with E-state index in [1.54, 1.807) is 11.1 Å². The van der Waals surface area contributed by atoms with Crippen LogP contribution in [0.2, 0.25) is 0 Å². The van der Waals surface area contributed by atoms with E-state index in [9.17, 15) is 0 Å². The second-order valence-corrected chi connectivity index (χ2v) is 7.51. The minimum Gasteiger partial charge on any atom is -0.201 e. The van der Waals surface area contributed by atoms with Gasteiger partial charge in [-0.1, -0.05) is 37.5 Å². The SMILES string of the molecule is Cc1ccccc1-c1c2c(cc[n+]1C)CC1(CCCCC1)C2. The fourth-order valence-electron chi connectivity index (χ4n) is 4.79. The Bertz CT molecular complexity index is 708. The molecule has 1 heterocycles. The fraction of sp³-hybridized carbons (Fsp3) is 0.476. The van der Waals surface area contributed by atoms with E-state index in [4.69, 9.17) is 0 Å². The molecule has 2 aliphatic carbocycles. The summed E-state index contributed by atoms with van der Waals surface area (Å²) >= 11 is 0. The number of fused-ring (bicyclic) bond motifs is 1. The molecule has 1 fully saturated rings. The van der Waals surface area contributed by atoms with E-state index in [1.807, 2.05) is 0 Å². The Balaban J connectivity index is 1.83. The molecule has 2 aromatic rings. The van der Waals surface area contributed by atoms with Gasteiger partial charge in [0.15, 0.2) is 6.20 Å². The van der Waals surface area contributed by atoms with Crippen LogP contribution in [0, 0.1) is 12.3 Å². The van der Waals surface area contributed by atoms with E-state index in [-0.39, 0.29) is 0 Å². The summed E-state index contributed by atoms with van der Waals surface area (Å²) in [5.41, 5.74) is 8.06. The van der Waals surface area contributed by atoms with Crippen molar-refractivity contribution in [3.05, 3.63) is 53.2 Å². The third kappa shape index (κ3) is 2.18. The van der Waals surface area contributed by atoms with Crippen LogP contribution in [0.1, 0.15) is 48.8 Å². The predicted octanol–water partition coefficient (Wildman–Crippen LogP) is 4.54. The van der Waals surface area contributed by atoms with Crippen molar-refractivity contribution in [1.82, 2.24) is 0 Å². The molecule has 1 nitrogen and oxygen atoms in total. The maximum absolute atomic E-state index is 2.38. The van der Waals surface area contributed by atoms with Crippen molar-refractivity contribution in [2.45, 2.75) is 51.9 Å². The number of benzene rings is 1. The Morgan fingerprint density at radius 2 is 1.73 bits per heavy atom. The summed E-state index contributed by atoms with van der Waals surface area (Å²) in [6, 6.07) is 11.2. The summed E-state index contributed by atoms with van der Waals surface area (Å²) in [6.45, 7) is 2.24. The molecule has 0 N–H and O–H groups in total. The lowest BCUT2D eigenvalue weighted by molar-refractivity contribution is -0.660. The molecular formula is C21H26N+. The predicted molar refractivity (Wildman–Crippen MR) is 90.7 cm³/mol. The van der Waals surface area contributed by atoms with Crippen LogP contribution < -0.4 is 4.57 Å². The number of pyridine rings is 1. The molecule has 4 rings (SSSR count). The molecule has 0 unspecified atom stereocenters. The lowest BCUT2D eigenvalue weighted by Crippen LogP contribution is -2.32. The first-order chi connectivity index (χ1) is 10.7. The molecule has 0 saturated heterocycles. The fourth-order valence-corrected chi connectivity index (χ4v) is 4.79. The first-order valence-corrected chi connectivity index (χ1v) is 8.75. The standard InChI is InChI=1S/C21H26N/c1-16-8-4-5-9-18(16)20-19-15-21(11-6-3-7-12-21)14-17(19)10-13-22(20)2/h4-5,8-10,13H,3,6-7,11-12,14-15H2,1-2H3/q+1. The van der Waals surface area contributed by atoms with Gasteiger partial charge >= 0.3 is 0 Å². The molecule has 0 radical (unpaired) electrons. The maximum Gasteiger partial charge on any atom is 0.216 e.